The van der Waals surface area contributed by atoms with Crippen LogP contribution in [0.3, 0.4) is 0 Å². The number of rotatable bonds is 3. The summed E-state index contributed by atoms with van der Waals surface area (Å²) in [5.41, 5.74) is 3.66. The van der Waals surface area contributed by atoms with Gasteiger partial charge in [0, 0.05) is 24.2 Å². The lowest BCUT2D eigenvalue weighted by Gasteiger charge is -2.12. The van der Waals surface area contributed by atoms with Crippen molar-refractivity contribution in [2.75, 3.05) is 14.2 Å². The molecule has 17 heavy (non-hydrogen) atoms. The number of fused-ring (bicyclic) bond motifs is 1. The molecule has 1 heterocycles. The van der Waals surface area contributed by atoms with Gasteiger partial charge in [-0.2, -0.15) is 0 Å². The second kappa shape index (κ2) is 4.41. The van der Waals surface area contributed by atoms with Crippen LogP contribution in [-0.4, -0.2) is 18.7 Å². The lowest BCUT2D eigenvalue weighted by atomic mass is 10.1. The smallest absolute Gasteiger partial charge is 0.143 e. The van der Waals surface area contributed by atoms with E-state index in [1.54, 1.807) is 7.11 Å². The molecular formula is C14H20N2O. The van der Waals surface area contributed by atoms with Crippen LogP contribution in [0, 0.1) is 6.92 Å². The number of hydrogen-bond donors (Lipinski definition) is 1. The van der Waals surface area contributed by atoms with Crippen LogP contribution in [0.25, 0.3) is 10.9 Å². The van der Waals surface area contributed by atoms with Gasteiger partial charge < -0.3 is 14.6 Å². The average molecular weight is 232 g/mol. The van der Waals surface area contributed by atoms with Crippen LogP contribution in [0.4, 0.5) is 0 Å². The Morgan fingerprint density at radius 3 is 2.59 bits per heavy atom. The fraction of sp³-hybridized carbons (Fsp3) is 0.429. The van der Waals surface area contributed by atoms with Gasteiger partial charge in [0.1, 0.15) is 5.75 Å². The summed E-state index contributed by atoms with van der Waals surface area (Å²) in [4.78, 5) is 0. The van der Waals surface area contributed by atoms with E-state index in [1.165, 1.54) is 16.6 Å². The Kier molecular flexibility index (Phi) is 3.11. The van der Waals surface area contributed by atoms with Crippen molar-refractivity contribution in [1.29, 1.82) is 0 Å². The summed E-state index contributed by atoms with van der Waals surface area (Å²) in [6, 6.07) is 6.84. The van der Waals surface area contributed by atoms with E-state index in [0.29, 0.717) is 6.04 Å². The van der Waals surface area contributed by atoms with Crippen molar-refractivity contribution >= 4 is 10.9 Å². The van der Waals surface area contributed by atoms with E-state index in [2.05, 4.69) is 49.0 Å². The van der Waals surface area contributed by atoms with Crippen molar-refractivity contribution in [1.82, 2.24) is 9.88 Å². The summed E-state index contributed by atoms with van der Waals surface area (Å²) in [5.74, 6) is 0.942. The van der Waals surface area contributed by atoms with Crippen LogP contribution in [0.1, 0.15) is 24.2 Å². The van der Waals surface area contributed by atoms with Crippen molar-refractivity contribution in [3.8, 4) is 5.75 Å². The molecule has 1 atom stereocenters. The normalized spacial score (nSPS) is 13.0. The molecule has 3 heteroatoms. The Morgan fingerprint density at radius 1 is 1.29 bits per heavy atom. The standard InChI is InChI=1S/C14H20N2O/c1-9-6-11-8-12(10(2)15-3)16(4)14(11)13(7-9)17-5/h6-8,10,15H,1-5H3. The van der Waals surface area contributed by atoms with E-state index in [1.807, 2.05) is 7.05 Å². The molecule has 2 aromatic rings. The largest absolute Gasteiger partial charge is 0.495 e. The Hall–Kier alpha value is -1.48. The molecule has 0 radical (unpaired) electrons. The highest BCUT2D eigenvalue weighted by Gasteiger charge is 2.14. The molecule has 0 aliphatic carbocycles. The molecule has 0 aliphatic rings. The number of nitrogens with zero attached hydrogens (tertiary/aromatic N) is 1. The van der Waals surface area contributed by atoms with E-state index < -0.39 is 0 Å². The lowest BCUT2D eigenvalue weighted by Crippen LogP contribution is -2.15. The highest BCUT2D eigenvalue weighted by atomic mass is 16.5. The van der Waals surface area contributed by atoms with E-state index in [-0.39, 0.29) is 0 Å². The minimum atomic E-state index is 0.331. The fourth-order valence-electron chi connectivity index (χ4n) is 2.35. The molecule has 1 unspecified atom stereocenters. The van der Waals surface area contributed by atoms with Gasteiger partial charge in [0.15, 0.2) is 0 Å². The molecule has 1 aromatic carbocycles. The van der Waals surface area contributed by atoms with Crippen LogP contribution in [0.2, 0.25) is 0 Å². The van der Waals surface area contributed by atoms with Gasteiger partial charge in [-0.05, 0) is 44.7 Å². The molecule has 0 spiro atoms. The first-order valence-corrected chi connectivity index (χ1v) is 5.89. The molecule has 3 nitrogen and oxygen atoms in total. The van der Waals surface area contributed by atoms with E-state index in [0.717, 1.165) is 11.3 Å². The molecule has 0 saturated heterocycles. The lowest BCUT2D eigenvalue weighted by molar-refractivity contribution is 0.417. The predicted molar refractivity (Wildman–Crippen MR) is 71.7 cm³/mol. The van der Waals surface area contributed by atoms with Crippen LogP contribution in [0.15, 0.2) is 18.2 Å². The maximum atomic E-state index is 5.47. The first-order chi connectivity index (χ1) is 8.08. The predicted octanol–water partition coefficient (Wildman–Crippen LogP) is 2.78. The zero-order chi connectivity index (χ0) is 12.6. The van der Waals surface area contributed by atoms with E-state index >= 15 is 0 Å². The van der Waals surface area contributed by atoms with Gasteiger partial charge in [-0.15, -0.1) is 0 Å². The average Bonchev–Trinajstić information content (AvgIpc) is 2.64. The van der Waals surface area contributed by atoms with Gasteiger partial charge in [-0.1, -0.05) is 0 Å². The van der Waals surface area contributed by atoms with Gasteiger partial charge in [0.25, 0.3) is 0 Å². The number of nitrogens with one attached hydrogen (secondary N) is 1. The Bertz CT molecular complexity index is 543. The van der Waals surface area contributed by atoms with Gasteiger partial charge >= 0.3 is 0 Å². The zero-order valence-corrected chi connectivity index (χ0v) is 11.2. The molecule has 1 aromatic heterocycles. The third-order valence-corrected chi connectivity index (χ3v) is 3.37. The quantitative estimate of drug-likeness (QED) is 0.880. The highest BCUT2D eigenvalue weighted by molar-refractivity contribution is 5.88. The van der Waals surface area contributed by atoms with Gasteiger partial charge in [0.05, 0.1) is 12.6 Å². The number of aryl methyl sites for hydroxylation is 2. The van der Waals surface area contributed by atoms with Crippen LogP contribution >= 0.6 is 0 Å². The Labute approximate surface area is 102 Å². The minimum absolute atomic E-state index is 0.331. The van der Waals surface area contributed by atoms with Gasteiger partial charge in [0.2, 0.25) is 0 Å². The van der Waals surface area contributed by atoms with Crippen molar-refractivity contribution in [2.45, 2.75) is 19.9 Å². The SMILES string of the molecule is CNC(C)c1cc2cc(C)cc(OC)c2n1C. The summed E-state index contributed by atoms with van der Waals surface area (Å²) in [6.45, 7) is 4.25. The molecular weight excluding hydrogens is 212 g/mol. The van der Waals surface area contributed by atoms with Crippen LogP contribution < -0.4 is 10.1 Å². The molecule has 0 amide bonds. The topological polar surface area (TPSA) is 26.2 Å². The maximum absolute atomic E-state index is 5.47. The van der Waals surface area contributed by atoms with Crippen molar-refractivity contribution in [3.63, 3.8) is 0 Å². The molecule has 0 saturated carbocycles. The van der Waals surface area contributed by atoms with Gasteiger partial charge in [-0.25, -0.2) is 0 Å². The number of ether oxygens (including phenoxy) is 1. The van der Waals surface area contributed by atoms with E-state index in [4.69, 9.17) is 4.74 Å². The molecule has 0 aliphatic heterocycles. The van der Waals surface area contributed by atoms with Crippen molar-refractivity contribution in [2.24, 2.45) is 7.05 Å². The zero-order valence-electron chi connectivity index (χ0n) is 11.2. The molecule has 92 valence electrons. The second-order valence-corrected chi connectivity index (χ2v) is 4.54. The number of methoxy groups -OCH3 is 1. The summed E-state index contributed by atoms with van der Waals surface area (Å²) in [7, 11) is 5.79. The number of hydrogen-bond acceptors (Lipinski definition) is 2. The first kappa shape index (κ1) is 12.0. The molecule has 0 bridgehead atoms. The second-order valence-electron chi connectivity index (χ2n) is 4.54. The van der Waals surface area contributed by atoms with Crippen molar-refractivity contribution in [3.05, 3.63) is 29.5 Å². The van der Waals surface area contributed by atoms with Crippen LogP contribution in [0.5, 0.6) is 5.75 Å². The monoisotopic (exact) mass is 232 g/mol. The minimum Gasteiger partial charge on any atom is -0.495 e. The molecule has 0 fully saturated rings. The Morgan fingerprint density at radius 2 is 2.00 bits per heavy atom. The number of benzene rings is 1. The third-order valence-electron chi connectivity index (χ3n) is 3.37. The highest BCUT2D eigenvalue weighted by Crippen LogP contribution is 2.31. The number of aromatic nitrogens is 1. The summed E-state index contributed by atoms with van der Waals surface area (Å²) < 4.78 is 7.68. The van der Waals surface area contributed by atoms with E-state index in [9.17, 15) is 0 Å². The molecule has 2 rings (SSSR count). The molecule has 1 N–H and O–H groups in total. The maximum Gasteiger partial charge on any atom is 0.143 e. The first-order valence-electron chi connectivity index (χ1n) is 5.89. The summed E-state index contributed by atoms with van der Waals surface area (Å²) in [6.07, 6.45) is 0. The fourth-order valence-corrected chi connectivity index (χ4v) is 2.35. The summed E-state index contributed by atoms with van der Waals surface area (Å²) in [5, 5.41) is 4.51. The van der Waals surface area contributed by atoms with Crippen LogP contribution in [-0.2, 0) is 7.05 Å². The Balaban J connectivity index is 2.73. The van der Waals surface area contributed by atoms with Gasteiger partial charge in [-0.3, -0.25) is 0 Å². The van der Waals surface area contributed by atoms with Crippen molar-refractivity contribution < 1.29 is 4.74 Å². The summed E-state index contributed by atoms with van der Waals surface area (Å²) >= 11 is 0. The third kappa shape index (κ3) is 1.91.